The van der Waals surface area contributed by atoms with Gasteiger partial charge in [-0.1, -0.05) is 5.21 Å². The summed E-state index contributed by atoms with van der Waals surface area (Å²) in [4.78, 5) is 15.2. The fraction of sp³-hybridized carbons (Fsp3) is 0.684. The fourth-order valence-electron chi connectivity index (χ4n) is 5.47. The van der Waals surface area contributed by atoms with E-state index in [1.54, 1.807) is 6.20 Å². The molecule has 8 heteroatoms. The molecule has 1 saturated heterocycles. The fourth-order valence-corrected chi connectivity index (χ4v) is 5.47. The van der Waals surface area contributed by atoms with Crippen LogP contribution in [0.15, 0.2) is 18.6 Å². The average Bonchev–Trinajstić information content (AvgIpc) is 3.45. The molecule has 1 aliphatic heterocycles. The minimum absolute atomic E-state index is 0.0135. The van der Waals surface area contributed by atoms with Gasteiger partial charge >= 0.3 is 0 Å². The van der Waals surface area contributed by atoms with Crippen LogP contribution in [0, 0.1) is 5.92 Å². The van der Waals surface area contributed by atoms with Crippen LogP contribution in [-0.4, -0.2) is 61.2 Å². The summed E-state index contributed by atoms with van der Waals surface area (Å²) in [5.41, 5.74) is 1.71. The topological polar surface area (TPSA) is 91.7 Å². The van der Waals surface area contributed by atoms with Gasteiger partial charge in [0.05, 0.1) is 23.9 Å². The second-order valence-corrected chi connectivity index (χ2v) is 8.82. The van der Waals surface area contributed by atoms with Crippen LogP contribution in [0.25, 0.3) is 11.3 Å². The molecule has 2 aromatic rings. The number of H-pyrrole nitrogens is 1. The lowest BCUT2D eigenvalue weighted by atomic mass is 9.90. The third-order valence-corrected chi connectivity index (χ3v) is 7.37. The van der Waals surface area contributed by atoms with Gasteiger partial charge in [-0.15, -0.1) is 5.10 Å². The molecule has 2 unspecified atom stereocenters. The number of carbonyl (C=O) groups is 1. The van der Waals surface area contributed by atoms with Crippen molar-refractivity contribution in [1.29, 1.82) is 0 Å². The molecule has 0 aromatic carbocycles. The molecule has 1 amide bonds. The van der Waals surface area contributed by atoms with E-state index in [0.717, 1.165) is 56.3 Å². The summed E-state index contributed by atoms with van der Waals surface area (Å²) in [6, 6.07) is 0.321. The molecule has 27 heavy (non-hydrogen) atoms. The van der Waals surface area contributed by atoms with E-state index < -0.39 is 0 Å². The summed E-state index contributed by atoms with van der Waals surface area (Å²) in [6.07, 6.45) is 11.7. The molecule has 3 aliphatic rings. The zero-order chi connectivity index (χ0) is 18.6. The molecule has 8 nitrogen and oxygen atoms in total. The number of nitrogens with zero attached hydrogens (tertiary/aromatic N) is 5. The Morgan fingerprint density at radius 2 is 2.15 bits per heavy atom. The van der Waals surface area contributed by atoms with Gasteiger partial charge in [0.25, 0.3) is 0 Å². The molecular weight excluding hydrogens is 342 g/mol. The number of carbonyl (C=O) groups excluding carboxylic acids is 1. The number of hydrogen-bond donors (Lipinski definition) is 2. The Balaban J connectivity index is 1.32. The summed E-state index contributed by atoms with van der Waals surface area (Å²) in [5.74, 6) is 0.348. The number of fused-ring (bicyclic) bond motifs is 2. The highest BCUT2D eigenvalue weighted by Gasteiger charge is 2.57. The summed E-state index contributed by atoms with van der Waals surface area (Å²) in [6.45, 7) is 3.17. The smallest absolute Gasteiger partial charge is 0.225 e. The quantitative estimate of drug-likeness (QED) is 0.853. The Hall–Kier alpha value is -2.22. The maximum absolute atomic E-state index is 13.0. The molecule has 3 fully saturated rings. The number of amides is 1. The van der Waals surface area contributed by atoms with E-state index in [1.165, 1.54) is 0 Å². The van der Waals surface area contributed by atoms with E-state index in [2.05, 4.69) is 44.7 Å². The molecule has 2 atom stereocenters. The number of aromatic nitrogens is 5. The van der Waals surface area contributed by atoms with Gasteiger partial charge in [-0.3, -0.25) is 9.89 Å². The molecule has 2 aromatic heterocycles. The molecular formula is C19H27N7O. The van der Waals surface area contributed by atoms with Gasteiger partial charge in [0, 0.05) is 23.3 Å². The summed E-state index contributed by atoms with van der Waals surface area (Å²) in [5, 5.41) is 19.1. The molecule has 144 valence electrons. The number of hydrogen-bond acceptors (Lipinski definition) is 5. The van der Waals surface area contributed by atoms with Crippen molar-refractivity contribution in [1.82, 2.24) is 35.4 Å². The second-order valence-electron chi connectivity index (χ2n) is 8.82. The molecule has 2 bridgehead atoms. The molecule has 2 aliphatic carbocycles. The van der Waals surface area contributed by atoms with Crippen LogP contribution in [0.1, 0.15) is 45.4 Å². The maximum atomic E-state index is 13.0. The lowest BCUT2D eigenvalue weighted by Crippen LogP contribution is -2.49. The maximum Gasteiger partial charge on any atom is 0.225 e. The van der Waals surface area contributed by atoms with Gasteiger partial charge < -0.3 is 10.2 Å². The predicted molar refractivity (Wildman–Crippen MR) is 99.7 cm³/mol. The van der Waals surface area contributed by atoms with Crippen LogP contribution in [0.4, 0.5) is 0 Å². The highest BCUT2D eigenvalue weighted by molar-refractivity contribution is 5.80. The van der Waals surface area contributed by atoms with Crippen LogP contribution >= 0.6 is 0 Å². The van der Waals surface area contributed by atoms with Crippen molar-refractivity contribution in [2.24, 2.45) is 5.92 Å². The lowest BCUT2D eigenvalue weighted by molar-refractivity contribution is -0.127. The standard InChI is InChI=1S/C19H27N7O/c1-13-15(3-8-25(13)2)17(27)22-18-4-6-19(12-18,7-5-18)26-11-16(23-24-26)14-9-20-21-10-14/h9-11,13,15H,3-8,12H2,1-2H3,(H,20,21)(H,22,27). The van der Waals surface area contributed by atoms with Crippen LogP contribution in [-0.2, 0) is 10.3 Å². The third kappa shape index (κ3) is 2.61. The summed E-state index contributed by atoms with van der Waals surface area (Å²) >= 11 is 0. The highest BCUT2D eigenvalue weighted by Crippen LogP contribution is 2.55. The van der Waals surface area contributed by atoms with Crippen molar-refractivity contribution in [3.8, 4) is 11.3 Å². The van der Waals surface area contributed by atoms with Gasteiger partial charge in [-0.25, -0.2) is 4.68 Å². The first-order valence-corrected chi connectivity index (χ1v) is 9.95. The Bertz CT molecular complexity index is 834. The first-order valence-electron chi connectivity index (χ1n) is 9.95. The normalized spacial score (nSPS) is 35.8. The van der Waals surface area contributed by atoms with Crippen LogP contribution in [0.2, 0.25) is 0 Å². The van der Waals surface area contributed by atoms with Crippen LogP contribution in [0.5, 0.6) is 0 Å². The van der Waals surface area contributed by atoms with Crippen molar-refractivity contribution in [2.45, 2.75) is 62.6 Å². The number of rotatable bonds is 4. The first kappa shape index (κ1) is 16.9. The molecule has 0 radical (unpaired) electrons. The third-order valence-electron chi connectivity index (χ3n) is 7.37. The Morgan fingerprint density at radius 3 is 2.81 bits per heavy atom. The lowest BCUT2D eigenvalue weighted by Gasteiger charge is -2.30. The molecule has 0 spiro atoms. The van der Waals surface area contributed by atoms with Crippen molar-refractivity contribution in [2.75, 3.05) is 13.6 Å². The van der Waals surface area contributed by atoms with Gasteiger partial charge in [0.15, 0.2) is 0 Å². The Labute approximate surface area is 158 Å². The van der Waals surface area contributed by atoms with Crippen molar-refractivity contribution < 1.29 is 4.79 Å². The van der Waals surface area contributed by atoms with Gasteiger partial charge in [0.2, 0.25) is 5.91 Å². The van der Waals surface area contributed by atoms with Crippen molar-refractivity contribution in [3.63, 3.8) is 0 Å². The monoisotopic (exact) mass is 369 g/mol. The van der Waals surface area contributed by atoms with Gasteiger partial charge in [0.1, 0.15) is 5.69 Å². The zero-order valence-electron chi connectivity index (χ0n) is 16.0. The number of nitrogens with one attached hydrogen (secondary N) is 2. The molecule has 3 heterocycles. The zero-order valence-corrected chi connectivity index (χ0v) is 16.0. The molecule has 2 N–H and O–H groups in total. The van der Waals surface area contributed by atoms with Crippen molar-refractivity contribution in [3.05, 3.63) is 18.6 Å². The first-order chi connectivity index (χ1) is 13.0. The van der Waals surface area contributed by atoms with Crippen molar-refractivity contribution >= 4 is 5.91 Å². The second kappa shape index (κ2) is 5.89. The average molecular weight is 369 g/mol. The molecule has 5 rings (SSSR count). The largest absolute Gasteiger partial charge is 0.350 e. The highest BCUT2D eigenvalue weighted by atomic mass is 16.2. The van der Waals surface area contributed by atoms with E-state index in [9.17, 15) is 4.79 Å². The van der Waals surface area contributed by atoms with Gasteiger partial charge in [-0.05, 0) is 59.0 Å². The summed E-state index contributed by atoms with van der Waals surface area (Å²) in [7, 11) is 2.11. The molecule has 2 saturated carbocycles. The van der Waals surface area contributed by atoms with Gasteiger partial charge in [-0.2, -0.15) is 5.10 Å². The van der Waals surface area contributed by atoms with Crippen LogP contribution in [0.3, 0.4) is 0 Å². The van der Waals surface area contributed by atoms with E-state index in [0.29, 0.717) is 6.04 Å². The number of likely N-dealkylation sites (tertiary alicyclic amines) is 1. The SMILES string of the molecule is CC1C(C(=O)NC23CCC(n4cc(-c5cn[nH]c5)nn4)(CC2)C3)CCN1C. The Kier molecular flexibility index (Phi) is 3.69. The minimum Gasteiger partial charge on any atom is -0.350 e. The van der Waals surface area contributed by atoms with E-state index >= 15 is 0 Å². The van der Waals surface area contributed by atoms with E-state index in [1.807, 2.05) is 17.1 Å². The minimum atomic E-state index is -0.0697. The van der Waals surface area contributed by atoms with Crippen LogP contribution < -0.4 is 5.32 Å². The number of aromatic amines is 1. The van der Waals surface area contributed by atoms with E-state index in [-0.39, 0.29) is 22.9 Å². The van der Waals surface area contributed by atoms with E-state index in [4.69, 9.17) is 0 Å². The summed E-state index contributed by atoms with van der Waals surface area (Å²) < 4.78 is 2.04. The predicted octanol–water partition coefficient (Wildman–Crippen LogP) is 1.54. The Morgan fingerprint density at radius 1 is 1.33 bits per heavy atom.